The summed E-state index contributed by atoms with van der Waals surface area (Å²) in [6.07, 6.45) is 17.6. The highest BCUT2D eigenvalue weighted by Gasteiger charge is 2.30. The van der Waals surface area contributed by atoms with Gasteiger partial charge in [0.25, 0.3) is 0 Å². The fraction of sp³-hybridized carbons (Fsp3) is 0.656. The van der Waals surface area contributed by atoms with Crippen molar-refractivity contribution >= 4 is 17.7 Å². The van der Waals surface area contributed by atoms with E-state index in [9.17, 15) is 9.90 Å². The average molecular weight is 549 g/mol. The van der Waals surface area contributed by atoms with Gasteiger partial charge in [-0.25, -0.2) is 0 Å². The van der Waals surface area contributed by atoms with Gasteiger partial charge in [-0.2, -0.15) is 11.8 Å². The molecule has 0 aromatic rings. The minimum atomic E-state index is -0.522. The molecule has 0 spiro atoms. The van der Waals surface area contributed by atoms with Crippen LogP contribution in [0.25, 0.3) is 0 Å². The second-order valence-electron chi connectivity index (χ2n) is 9.85. The molecule has 0 bridgehead atoms. The smallest absolute Gasteiger partial charge is 0.220 e. The van der Waals surface area contributed by atoms with Crippen LogP contribution in [-0.4, -0.2) is 63.8 Å². The maximum atomic E-state index is 12.0. The molecule has 0 radical (unpaired) electrons. The third-order valence-electron chi connectivity index (χ3n) is 6.88. The van der Waals surface area contributed by atoms with Gasteiger partial charge in [-0.1, -0.05) is 97.4 Å². The monoisotopic (exact) mass is 548 g/mol. The Morgan fingerprint density at radius 2 is 1.95 bits per heavy atom. The number of aliphatic hydroxyl groups is 2. The van der Waals surface area contributed by atoms with Crippen LogP contribution >= 0.6 is 11.8 Å². The van der Waals surface area contributed by atoms with E-state index in [0.717, 1.165) is 37.1 Å². The number of carbonyl (C=O) groups is 1. The van der Waals surface area contributed by atoms with Gasteiger partial charge in [-0.3, -0.25) is 4.79 Å². The van der Waals surface area contributed by atoms with Gasteiger partial charge in [-0.05, 0) is 49.8 Å². The molecule has 0 aromatic heterocycles. The first-order chi connectivity index (χ1) is 18.2. The summed E-state index contributed by atoms with van der Waals surface area (Å²) in [5, 5.41) is 23.3. The van der Waals surface area contributed by atoms with Crippen molar-refractivity contribution in [2.24, 2.45) is 11.8 Å². The fourth-order valence-corrected chi connectivity index (χ4v) is 5.86. The van der Waals surface area contributed by atoms with Crippen LogP contribution in [0.15, 0.2) is 60.9 Å². The number of thioether (sulfide) groups is 1. The van der Waals surface area contributed by atoms with E-state index in [1.54, 1.807) is 6.92 Å². The number of likely N-dealkylation sites (tertiary alicyclic amines) is 1. The number of nitrogens with one attached hydrogen (secondary N) is 1. The summed E-state index contributed by atoms with van der Waals surface area (Å²) in [6.45, 7) is 21.9. The number of piperidine rings is 1. The molecule has 1 heterocycles. The molecule has 5 atom stereocenters. The summed E-state index contributed by atoms with van der Waals surface area (Å²) in [4.78, 5) is 14.4. The number of nitrogens with zero attached hydrogens (tertiary/aromatic N) is 1. The Morgan fingerprint density at radius 1 is 1.24 bits per heavy atom. The van der Waals surface area contributed by atoms with E-state index < -0.39 is 6.10 Å². The van der Waals surface area contributed by atoms with Crippen molar-refractivity contribution in [1.29, 1.82) is 0 Å². The fourth-order valence-electron chi connectivity index (χ4n) is 4.65. The molecule has 0 aromatic carbocycles. The molecule has 2 aliphatic rings. The first kappa shape index (κ1) is 36.2. The predicted molar refractivity (Wildman–Crippen MR) is 168 cm³/mol. The highest BCUT2D eigenvalue weighted by atomic mass is 32.2. The first-order valence-electron chi connectivity index (χ1n) is 14.6. The Morgan fingerprint density at radius 3 is 2.45 bits per heavy atom. The van der Waals surface area contributed by atoms with Gasteiger partial charge in [0.05, 0.1) is 12.1 Å². The quantitative estimate of drug-likeness (QED) is 0.167. The van der Waals surface area contributed by atoms with Crippen molar-refractivity contribution in [2.45, 2.75) is 97.5 Å². The van der Waals surface area contributed by atoms with E-state index in [-0.39, 0.29) is 17.7 Å². The molecule has 0 saturated carbocycles. The standard InChI is InChI=1S/C23H40N2O2S.C7H10O.C2H6/c1-4-10-19-13-14-25(15-18(19)5-2)16-22(26)21(24-23(27)6-3)17-28-20-11-8-7-9-12-20;1-4-5-7(8)6(2)3;1-2/h7-9,11,18-22,26H,4-6,10,12-17H2,1-3H3,(H,24,27);4-5,8H,1-2H2,3H3;1-2H3/b;7-5+;. The van der Waals surface area contributed by atoms with Crippen LogP contribution in [0, 0.1) is 11.8 Å². The normalized spacial score (nSPS) is 22.7. The number of allylic oxidation sites excluding steroid dienone is 6. The van der Waals surface area contributed by atoms with Crippen LogP contribution in [0.3, 0.4) is 0 Å². The number of amides is 1. The molecule has 38 heavy (non-hydrogen) atoms. The Hall–Kier alpha value is -1.76. The number of β-amino-alcohol motifs (C(OH)–C–C–N with tert-alkyl or cyclic N) is 1. The zero-order valence-electron chi connectivity index (χ0n) is 25.0. The molecule has 1 saturated heterocycles. The van der Waals surface area contributed by atoms with Crippen molar-refractivity contribution < 1.29 is 15.0 Å². The van der Waals surface area contributed by atoms with E-state index >= 15 is 0 Å². The Labute approximate surface area is 238 Å². The topological polar surface area (TPSA) is 72.8 Å². The molecular weight excluding hydrogens is 492 g/mol. The minimum Gasteiger partial charge on any atom is -0.508 e. The molecule has 1 amide bonds. The van der Waals surface area contributed by atoms with Crippen molar-refractivity contribution in [3.63, 3.8) is 0 Å². The zero-order chi connectivity index (χ0) is 28.9. The second kappa shape index (κ2) is 22.1. The summed E-state index contributed by atoms with van der Waals surface area (Å²) in [7, 11) is 0. The molecule has 218 valence electrons. The number of rotatable bonds is 13. The van der Waals surface area contributed by atoms with Gasteiger partial charge in [0.1, 0.15) is 5.76 Å². The molecule has 1 aliphatic carbocycles. The summed E-state index contributed by atoms with van der Waals surface area (Å²) < 4.78 is 0. The molecule has 1 fully saturated rings. The Balaban J connectivity index is 0.00000117. The van der Waals surface area contributed by atoms with Gasteiger partial charge in [0, 0.05) is 30.5 Å². The third-order valence-corrected chi connectivity index (χ3v) is 8.21. The molecule has 6 heteroatoms. The van der Waals surface area contributed by atoms with E-state index in [0.29, 0.717) is 23.8 Å². The third kappa shape index (κ3) is 15.0. The molecule has 5 unspecified atom stereocenters. The Bertz CT molecular complexity index is 762. The van der Waals surface area contributed by atoms with Crippen LogP contribution in [0.4, 0.5) is 0 Å². The Kier molecular flexibility index (Phi) is 21.1. The van der Waals surface area contributed by atoms with Gasteiger partial charge < -0.3 is 20.4 Å². The average Bonchev–Trinajstić information content (AvgIpc) is 2.93. The van der Waals surface area contributed by atoms with Gasteiger partial charge in [0.15, 0.2) is 0 Å². The molecule has 5 nitrogen and oxygen atoms in total. The SMILES string of the molecule is C=C/C=C(/O)C(=C)C.CC.CCCC1CCN(CC(O)C(CSC2C=CC=CC2)NC(=O)CC)CC1CC. The summed E-state index contributed by atoms with van der Waals surface area (Å²) in [5.41, 5.74) is 0.657. The van der Waals surface area contributed by atoms with E-state index in [4.69, 9.17) is 5.11 Å². The van der Waals surface area contributed by atoms with Crippen LogP contribution in [0.5, 0.6) is 0 Å². The number of aliphatic hydroxyl groups excluding tert-OH is 2. The lowest BCUT2D eigenvalue weighted by Crippen LogP contribution is -2.52. The van der Waals surface area contributed by atoms with Crippen LogP contribution in [0.1, 0.15) is 80.1 Å². The second-order valence-corrected chi connectivity index (χ2v) is 11.1. The maximum Gasteiger partial charge on any atom is 0.220 e. The van der Waals surface area contributed by atoms with Crippen molar-refractivity contribution in [3.05, 3.63) is 60.9 Å². The summed E-state index contributed by atoms with van der Waals surface area (Å²) in [5.74, 6) is 2.54. The molecule has 3 N–H and O–H groups in total. The lowest BCUT2D eigenvalue weighted by Gasteiger charge is -2.40. The van der Waals surface area contributed by atoms with Gasteiger partial charge in [-0.15, -0.1) is 0 Å². The number of hydrogen-bond donors (Lipinski definition) is 3. The van der Waals surface area contributed by atoms with E-state index in [2.05, 4.69) is 61.5 Å². The van der Waals surface area contributed by atoms with Crippen LogP contribution in [0.2, 0.25) is 0 Å². The zero-order valence-corrected chi connectivity index (χ0v) is 25.8. The summed E-state index contributed by atoms with van der Waals surface area (Å²) >= 11 is 1.83. The van der Waals surface area contributed by atoms with E-state index in [1.165, 1.54) is 37.8 Å². The van der Waals surface area contributed by atoms with E-state index in [1.807, 2.05) is 32.5 Å². The largest absolute Gasteiger partial charge is 0.508 e. The van der Waals surface area contributed by atoms with Crippen molar-refractivity contribution in [3.8, 4) is 0 Å². The van der Waals surface area contributed by atoms with Crippen molar-refractivity contribution in [1.82, 2.24) is 10.2 Å². The molecule has 1 aliphatic heterocycles. The number of carbonyl (C=O) groups excluding carboxylic acids is 1. The minimum absolute atomic E-state index is 0.0248. The lowest BCUT2D eigenvalue weighted by molar-refractivity contribution is -0.122. The highest BCUT2D eigenvalue weighted by Crippen LogP contribution is 2.30. The summed E-state index contributed by atoms with van der Waals surface area (Å²) in [6, 6.07) is -0.190. The maximum absolute atomic E-state index is 12.0. The van der Waals surface area contributed by atoms with Crippen molar-refractivity contribution in [2.75, 3.05) is 25.4 Å². The van der Waals surface area contributed by atoms with Gasteiger partial charge >= 0.3 is 0 Å². The predicted octanol–water partition coefficient (Wildman–Crippen LogP) is 7.22. The van der Waals surface area contributed by atoms with Gasteiger partial charge in [0.2, 0.25) is 5.91 Å². The van der Waals surface area contributed by atoms with Crippen LogP contribution < -0.4 is 5.32 Å². The molecular formula is C32H56N2O3S. The first-order valence-corrected chi connectivity index (χ1v) is 15.6. The number of hydrogen-bond acceptors (Lipinski definition) is 5. The molecule has 2 rings (SSSR count). The lowest BCUT2D eigenvalue weighted by atomic mass is 9.81. The van der Waals surface area contributed by atoms with Crippen LogP contribution in [-0.2, 0) is 4.79 Å². The highest BCUT2D eigenvalue weighted by molar-refractivity contribution is 8.00.